The molecule has 2 heterocycles. The van der Waals surface area contributed by atoms with Gasteiger partial charge in [0.25, 0.3) is 0 Å². The van der Waals surface area contributed by atoms with Crippen LogP contribution in [0.3, 0.4) is 0 Å². The molecule has 1 fully saturated rings. The van der Waals surface area contributed by atoms with Crippen molar-refractivity contribution in [3.63, 3.8) is 0 Å². The molecule has 2 aliphatic rings. The largest absolute Gasteiger partial charge is 1.00 e. The molecule has 2 N–H and O–H groups in total. The van der Waals surface area contributed by atoms with Crippen molar-refractivity contribution in [2.75, 3.05) is 31.6 Å². The minimum Gasteiger partial charge on any atom is -1.00 e. The van der Waals surface area contributed by atoms with Gasteiger partial charge in [-0.1, -0.05) is 13.8 Å². The number of nitrogens with zero attached hydrogens (tertiary/aromatic N) is 2. The summed E-state index contributed by atoms with van der Waals surface area (Å²) >= 11 is 0. The first kappa shape index (κ1) is 17.5. The van der Waals surface area contributed by atoms with E-state index in [1.807, 2.05) is 13.0 Å². The normalized spacial score (nSPS) is 21.1. The lowest BCUT2D eigenvalue weighted by atomic mass is 9.78. The highest BCUT2D eigenvalue weighted by Gasteiger charge is 2.31. The van der Waals surface area contributed by atoms with Crippen molar-refractivity contribution in [3.05, 3.63) is 23.5 Å². The lowest BCUT2D eigenvalue weighted by Gasteiger charge is -2.30. The summed E-state index contributed by atoms with van der Waals surface area (Å²) < 4.78 is 7.92. The van der Waals surface area contributed by atoms with E-state index in [4.69, 9.17) is 4.74 Å². The van der Waals surface area contributed by atoms with Crippen LogP contribution in [0.1, 0.15) is 32.4 Å². The minimum absolute atomic E-state index is 0. The third-order valence-electron chi connectivity index (χ3n) is 4.08. The monoisotopic (exact) mass is 416 g/mol. The number of aromatic amines is 1. The lowest BCUT2D eigenvalue weighted by Crippen LogP contribution is -3.00. The van der Waals surface area contributed by atoms with Gasteiger partial charge in [0.1, 0.15) is 13.2 Å². The van der Waals surface area contributed by atoms with Crippen LogP contribution in [0.4, 0.5) is 5.82 Å². The van der Waals surface area contributed by atoms with Gasteiger partial charge in [0.2, 0.25) is 0 Å². The Hall–Kier alpha value is -0.890. The highest BCUT2D eigenvalue weighted by molar-refractivity contribution is 5.93. The molecule has 5 nitrogen and oxygen atoms in total. The zero-order valence-electron chi connectivity index (χ0n) is 13.6. The van der Waals surface area contributed by atoms with Gasteiger partial charge in [-0.15, -0.1) is 0 Å². The van der Waals surface area contributed by atoms with E-state index in [9.17, 15) is 0 Å². The highest BCUT2D eigenvalue weighted by atomic mass is 127. The number of ether oxygens (including phenoxy) is 1. The highest BCUT2D eigenvalue weighted by Crippen LogP contribution is 2.34. The van der Waals surface area contributed by atoms with E-state index in [1.165, 1.54) is 11.4 Å². The second-order valence-corrected chi connectivity index (χ2v) is 6.84. The summed E-state index contributed by atoms with van der Waals surface area (Å²) in [6.07, 6.45) is 4.48. The Balaban J connectivity index is 0.00000176. The first-order valence-corrected chi connectivity index (χ1v) is 7.70. The number of nitrogens with one attached hydrogen (secondary N) is 2. The number of rotatable bonds is 2. The number of allylic oxidation sites excluding steroid dienone is 2. The molecule has 0 aromatic carbocycles. The topological polar surface area (TPSA) is 52.9 Å². The van der Waals surface area contributed by atoms with Gasteiger partial charge in [-0.3, -0.25) is 5.10 Å². The van der Waals surface area contributed by atoms with Gasteiger partial charge in [-0.05, 0) is 18.8 Å². The molecule has 1 aliphatic carbocycles. The van der Waals surface area contributed by atoms with Crippen LogP contribution in [0.5, 0.6) is 0 Å². The molecule has 0 amide bonds. The Morgan fingerprint density at radius 2 is 2.00 bits per heavy atom. The number of H-pyrrole nitrogens is 1. The zero-order valence-corrected chi connectivity index (χ0v) is 15.7. The quantitative estimate of drug-likeness (QED) is 0.497. The summed E-state index contributed by atoms with van der Waals surface area (Å²) in [5, 5.41) is 10.7. The van der Waals surface area contributed by atoms with Crippen molar-refractivity contribution in [1.29, 1.82) is 0 Å². The molecule has 0 atom stereocenters. The van der Waals surface area contributed by atoms with Crippen LogP contribution in [-0.4, -0.2) is 46.8 Å². The number of morpholine rings is 1. The van der Waals surface area contributed by atoms with Gasteiger partial charge >= 0.3 is 0 Å². The lowest BCUT2D eigenvalue weighted by molar-refractivity contribution is -0.550. The molecule has 1 aromatic heterocycles. The molecule has 0 spiro atoms. The summed E-state index contributed by atoms with van der Waals surface area (Å²) in [4.78, 5) is 0. The number of aromatic nitrogens is 2. The minimum atomic E-state index is 0. The van der Waals surface area contributed by atoms with Crippen molar-refractivity contribution in [2.24, 2.45) is 5.41 Å². The fourth-order valence-electron chi connectivity index (χ4n) is 3.15. The van der Waals surface area contributed by atoms with Gasteiger partial charge in [0.15, 0.2) is 24.6 Å². The molecule has 122 valence electrons. The van der Waals surface area contributed by atoms with Gasteiger partial charge < -0.3 is 34.0 Å². The third kappa shape index (κ3) is 4.32. The van der Waals surface area contributed by atoms with Crippen LogP contribution in [0, 0.1) is 12.3 Å². The van der Waals surface area contributed by atoms with E-state index in [-0.39, 0.29) is 29.4 Å². The van der Waals surface area contributed by atoms with Gasteiger partial charge in [-0.25, -0.2) is 4.58 Å². The Kier molecular flexibility index (Phi) is 5.65. The second kappa shape index (κ2) is 7.12. The maximum atomic E-state index is 5.46. The average Bonchev–Trinajstić information content (AvgIpc) is 2.83. The van der Waals surface area contributed by atoms with E-state index >= 15 is 0 Å². The summed E-state index contributed by atoms with van der Waals surface area (Å²) in [6.45, 7) is 10.3. The molecule has 1 aromatic rings. The Bertz CT molecular complexity index is 581. The molecule has 0 saturated carbocycles. The maximum absolute atomic E-state index is 5.46. The van der Waals surface area contributed by atoms with Gasteiger partial charge in [-0.2, -0.15) is 5.10 Å². The third-order valence-corrected chi connectivity index (χ3v) is 4.08. The molecule has 0 bridgehead atoms. The Morgan fingerprint density at radius 1 is 1.27 bits per heavy atom. The summed E-state index contributed by atoms with van der Waals surface area (Å²) in [5.41, 5.74) is 4.02. The molecular weight excluding hydrogens is 391 g/mol. The van der Waals surface area contributed by atoms with Crippen molar-refractivity contribution >= 4 is 11.5 Å². The van der Waals surface area contributed by atoms with Crippen LogP contribution in [-0.2, 0) is 4.74 Å². The molecule has 0 unspecified atom stereocenters. The molecule has 22 heavy (non-hydrogen) atoms. The van der Waals surface area contributed by atoms with Gasteiger partial charge in [0.05, 0.1) is 0 Å². The first-order chi connectivity index (χ1) is 10.0. The number of halogens is 1. The van der Waals surface area contributed by atoms with Crippen LogP contribution in [0.15, 0.2) is 17.8 Å². The van der Waals surface area contributed by atoms with Crippen LogP contribution < -0.4 is 29.3 Å². The SMILES string of the molecule is Cc1cc(NC2=CC(=[N+]3CCOCC3)CC(C)(C)C2)n[nH]1.[I-]. The van der Waals surface area contributed by atoms with Gasteiger partial charge in [0, 0.05) is 30.0 Å². The first-order valence-electron chi connectivity index (χ1n) is 7.70. The number of hydrogen-bond donors (Lipinski definition) is 2. The smallest absolute Gasteiger partial charge is 0.178 e. The van der Waals surface area contributed by atoms with Crippen LogP contribution in [0.25, 0.3) is 0 Å². The fourth-order valence-corrected chi connectivity index (χ4v) is 3.15. The fraction of sp³-hybridized carbons (Fsp3) is 0.625. The number of aryl methyl sites for hydroxylation is 1. The van der Waals surface area contributed by atoms with Crippen molar-refractivity contribution in [1.82, 2.24) is 10.2 Å². The second-order valence-electron chi connectivity index (χ2n) is 6.84. The number of anilines is 1. The standard InChI is InChI=1S/C16H24N4O.HI/c1-12-8-15(19-18-12)17-13-9-14(11-16(2,3)10-13)20-4-6-21-7-5-20;/h8-9H,4-7,10-11H2,1-3H3,(H,18,19);1H. The van der Waals surface area contributed by atoms with Crippen molar-refractivity contribution in [3.8, 4) is 0 Å². The van der Waals surface area contributed by atoms with Crippen molar-refractivity contribution in [2.45, 2.75) is 33.6 Å². The molecule has 0 radical (unpaired) electrons. The Labute approximate surface area is 149 Å². The van der Waals surface area contributed by atoms with Crippen LogP contribution >= 0.6 is 0 Å². The van der Waals surface area contributed by atoms with Crippen LogP contribution in [0.2, 0.25) is 0 Å². The van der Waals surface area contributed by atoms with Crippen molar-refractivity contribution < 1.29 is 33.3 Å². The number of hydrogen-bond acceptors (Lipinski definition) is 3. The van der Waals surface area contributed by atoms with E-state index < -0.39 is 0 Å². The zero-order chi connectivity index (χ0) is 14.9. The Morgan fingerprint density at radius 3 is 2.64 bits per heavy atom. The van der Waals surface area contributed by atoms with E-state index in [0.29, 0.717) is 0 Å². The van der Waals surface area contributed by atoms with E-state index in [0.717, 1.165) is 50.7 Å². The average molecular weight is 416 g/mol. The molecule has 6 heteroatoms. The molecule has 3 rings (SSSR count). The summed E-state index contributed by atoms with van der Waals surface area (Å²) in [6, 6.07) is 2.04. The molecule has 1 aliphatic heterocycles. The predicted octanol–water partition coefficient (Wildman–Crippen LogP) is -0.678. The molecular formula is C16H25IN4O. The summed E-state index contributed by atoms with van der Waals surface area (Å²) in [7, 11) is 0. The predicted molar refractivity (Wildman–Crippen MR) is 83.9 cm³/mol. The maximum Gasteiger partial charge on any atom is 0.178 e. The van der Waals surface area contributed by atoms with E-state index in [2.05, 4.69) is 40.0 Å². The summed E-state index contributed by atoms with van der Waals surface area (Å²) in [5.74, 6) is 0.901. The van der Waals surface area contributed by atoms with E-state index in [1.54, 1.807) is 0 Å². The molecule has 1 saturated heterocycles.